The van der Waals surface area contributed by atoms with E-state index in [0.717, 1.165) is 53.0 Å². The molecule has 2 aromatic heterocycles. The molecule has 1 aliphatic rings. The average Bonchev–Trinajstić information content (AvgIpc) is 3.05. The third-order valence-electron chi connectivity index (χ3n) is 6.83. The number of hydrogen-bond acceptors (Lipinski definition) is 5. The first-order valence-corrected chi connectivity index (χ1v) is 15.2. The molecule has 8 heteroatoms. The molecule has 3 aromatic rings. The van der Waals surface area contributed by atoms with Crippen LogP contribution < -0.4 is 5.32 Å². The minimum atomic E-state index is -0.225. The lowest BCUT2D eigenvalue weighted by Gasteiger charge is -2.38. The molecule has 2 atom stereocenters. The largest absolute Gasteiger partial charge is 0.353 e. The Morgan fingerprint density at radius 3 is 2.42 bits per heavy atom. The Hall–Kier alpha value is -2.61. The minimum Gasteiger partial charge on any atom is -0.353 e. The van der Waals surface area contributed by atoms with Crippen LogP contribution >= 0.6 is 27.5 Å². The third kappa shape index (κ3) is 8.69. The van der Waals surface area contributed by atoms with Gasteiger partial charge in [-0.25, -0.2) is 0 Å². The van der Waals surface area contributed by atoms with Crippen LogP contribution in [-0.2, 0) is 28.9 Å². The highest BCUT2D eigenvalue weighted by atomic mass is 79.9. The van der Waals surface area contributed by atoms with Gasteiger partial charge in [-0.3, -0.25) is 24.5 Å². The molecule has 0 spiro atoms. The fraction of sp³-hybridized carbons (Fsp3) is 0.438. The lowest BCUT2D eigenvalue weighted by molar-refractivity contribution is -0.128. The Balaban J connectivity index is 0.000000371. The maximum absolute atomic E-state index is 13.2. The van der Waals surface area contributed by atoms with E-state index in [1.165, 1.54) is 16.7 Å². The van der Waals surface area contributed by atoms with Crippen molar-refractivity contribution in [2.45, 2.75) is 84.8 Å². The van der Waals surface area contributed by atoms with Crippen molar-refractivity contribution in [1.82, 2.24) is 20.2 Å². The molecule has 0 radical (unpaired) electrons. The topological polar surface area (TPSA) is 75.2 Å². The molecule has 0 fully saturated rings. The van der Waals surface area contributed by atoms with Crippen LogP contribution in [0.5, 0.6) is 0 Å². The number of nitrogens with zero attached hydrogens (tertiary/aromatic N) is 3. The zero-order chi connectivity index (χ0) is 29.2. The quantitative estimate of drug-likeness (QED) is 0.279. The molecular formula is C32H40BrClN4O2. The summed E-state index contributed by atoms with van der Waals surface area (Å²) in [6, 6.07) is 11.8. The summed E-state index contributed by atoms with van der Waals surface area (Å²) < 4.78 is 0.982. The van der Waals surface area contributed by atoms with Gasteiger partial charge in [0.2, 0.25) is 5.91 Å². The molecule has 4 rings (SSSR count). The van der Waals surface area contributed by atoms with Gasteiger partial charge >= 0.3 is 0 Å². The van der Waals surface area contributed by atoms with Crippen LogP contribution in [0.1, 0.15) is 81.4 Å². The van der Waals surface area contributed by atoms with Crippen LogP contribution in [-0.4, -0.2) is 45.2 Å². The van der Waals surface area contributed by atoms with E-state index in [-0.39, 0.29) is 29.8 Å². The van der Waals surface area contributed by atoms with E-state index in [4.69, 9.17) is 16.6 Å². The second kappa shape index (κ2) is 15.4. The van der Waals surface area contributed by atoms with Crippen molar-refractivity contribution in [3.05, 3.63) is 92.4 Å². The molecule has 1 aromatic carbocycles. The SMILES string of the molecule is CC(=O)Cc1ccncc1.CCCN(C(CC)C(=O)NC(C)C)C1c2ccc(Cl)cc2CCc2cc(Br)cnc21. The first-order chi connectivity index (χ1) is 19.1. The van der Waals surface area contributed by atoms with E-state index in [0.29, 0.717) is 6.42 Å². The maximum atomic E-state index is 13.2. The van der Waals surface area contributed by atoms with Crippen molar-refractivity contribution in [2.24, 2.45) is 0 Å². The highest BCUT2D eigenvalue weighted by Crippen LogP contribution is 2.39. The lowest BCUT2D eigenvalue weighted by Crippen LogP contribution is -2.50. The number of hydrogen-bond donors (Lipinski definition) is 1. The van der Waals surface area contributed by atoms with E-state index in [1.807, 2.05) is 38.2 Å². The normalized spacial score (nSPS) is 14.9. The number of fused-ring (bicyclic) bond motifs is 2. The zero-order valence-electron chi connectivity index (χ0n) is 24.1. The number of benzene rings is 1. The molecule has 6 nitrogen and oxygen atoms in total. The molecule has 1 N–H and O–H groups in total. The molecule has 0 aliphatic heterocycles. The number of Topliss-reactive ketones (excluding diaryl/α,β-unsaturated/α-hetero) is 1. The number of carbonyl (C=O) groups excluding carboxylic acids is 2. The van der Waals surface area contributed by atoms with Gasteiger partial charge in [0.15, 0.2) is 0 Å². The van der Waals surface area contributed by atoms with Gasteiger partial charge in [0.1, 0.15) is 5.78 Å². The highest BCUT2D eigenvalue weighted by molar-refractivity contribution is 9.10. The Bertz CT molecular complexity index is 1230. The molecular weight excluding hydrogens is 588 g/mol. The van der Waals surface area contributed by atoms with Gasteiger partial charge in [-0.15, -0.1) is 0 Å². The minimum absolute atomic E-state index is 0.0781. The molecule has 0 saturated heterocycles. The Labute approximate surface area is 252 Å². The average molecular weight is 628 g/mol. The van der Waals surface area contributed by atoms with Crippen molar-refractivity contribution in [3.8, 4) is 0 Å². The number of nitrogens with one attached hydrogen (secondary N) is 1. The molecule has 2 heterocycles. The smallest absolute Gasteiger partial charge is 0.237 e. The first-order valence-electron chi connectivity index (χ1n) is 14.0. The number of amides is 1. The molecule has 1 aliphatic carbocycles. The zero-order valence-corrected chi connectivity index (χ0v) is 26.4. The van der Waals surface area contributed by atoms with Gasteiger partial charge < -0.3 is 5.32 Å². The molecule has 0 saturated carbocycles. The summed E-state index contributed by atoms with van der Waals surface area (Å²) in [6.07, 6.45) is 9.28. The maximum Gasteiger partial charge on any atom is 0.237 e. The van der Waals surface area contributed by atoms with E-state index >= 15 is 0 Å². The number of carbonyl (C=O) groups is 2. The molecule has 2 unspecified atom stereocenters. The number of halogens is 2. The van der Waals surface area contributed by atoms with Crippen molar-refractivity contribution in [2.75, 3.05) is 6.54 Å². The van der Waals surface area contributed by atoms with Crippen LogP contribution in [0, 0.1) is 0 Å². The number of ketones is 1. The van der Waals surface area contributed by atoms with Crippen LogP contribution in [0.4, 0.5) is 0 Å². The molecule has 1 amide bonds. The Morgan fingerprint density at radius 1 is 1.10 bits per heavy atom. The van der Waals surface area contributed by atoms with Crippen LogP contribution in [0.15, 0.2) is 59.5 Å². The van der Waals surface area contributed by atoms with Crippen LogP contribution in [0.2, 0.25) is 5.02 Å². The summed E-state index contributed by atoms with van der Waals surface area (Å²) in [6.45, 7) is 10.7. The fourth-order valence-corrected chi connectivity index (χ4v) is 5.78. The van der Waals surface area contributed by atoms with E-state index in [1.54, 1.807) is 19.3 Å². The van der Waals surface area contributed by atoms with Crippen molar-refractivity contribution in [1.29, 1.82) is 0 Å². The number of aryl methyl sites for hydroxylation is 2. The summed E-state index contributed by atoms with van der Waals surface area (Å²) in [5, 5.41) is 3.87. The Kier molecular flexibility index (Phi) is 12.3. The monoisotopic (exact) mass is 626 g/mol. The first kappa shape index (κ1) is 31.9. The molecule has 0 bridgehead atoms. The third-order valence-corrected chi connectivity index (χ3v) is 7.50. The number of aromatic nitrogens is 2. The van der Waals surface area contributed by atoms with Crippen LogP contribution in [0.25, 0.3) is 0 Å². The highest BCUT2D eigenvalue weighted by Gasteiger charge is 2.36. The molecule has 214 valence electrons. The van der Waals surface area contributed by atoms with Crippen molar-refractivity contribution >= 4 is 39.2 Å². The Morgan fingerprint density at radius 2 is 1.80 bits per heavy atom. The second-order valence-corrected chi connectivity index (χ2v) is 11.9. The number of rotatable bonds is 9. The summed E-state index contributed by atoms with van der Waals surface area (Å²) in [5.74, 6) is 0.269. The van der Waals surface area contributed by atoms with E-state index in [2.05, 4.69) is 63.2 Å². The standard InChI is InChI=1S/C24H31BrClN3O.C8H9NO/c1-5-11-29(21(6-2)24(30)28-15(3)4)23-20-10-9-19(26)13-16(20)7-8-17-12-18(25)14-27-22(17)23;1-7(10)6-8-2-4-9-5-3-8/h9-10,12-15,21,23H,5-8,11H2,1-4H3,(H,28,30);2-5H,6H2,1H3. The van der Waals surface area contributed by atoms with Crippen LogP contribution in [0.3, 0.4) is 0 Å². The van der Waals surface area contributed by atoms with Gasteiger partial charge in [0, 0.05) is 40.5 Å². The van der Waals surface area contributed by atoms with Gasteiger partial charge in [-0.2, -0.15) is 0 Å². The van der Waals surface area contributed by atoms with E-state index < -0.39 is 0 Å². The van der Waals surface area contributed by atoms with Gasteiger partial charge in [-0.1, -0.05) is 31.5 Å². The predicted molar refractivity (Wildman–Crippen MR) is 166 cm³/mol. The van der Waals surface area contributed by atoms with Gasteiger partial charge in [-0.05, 0) is 122 Å². The van der Waals surface area contributed by atoms with Crippen molar-refractivity contribution in [3.63, 3.8) is 0 Å². The van der Waals surface area contributed by atoms with E-state index in [9.17, 15) is 9.59 Å². The predicted octanol–water partition coefficient (Wildman–Crippen LogP) is 6.91. The summed E-state index contributed by atoms with van der Waals surface area (Å²) in [7, 11) is 0. The van der Waals surface area contributed by atoms with Gasteiger partial charge in [0.25, 0.3) is 0 Å². The fourth-order valence-electron chi connectivity index (χ4n) is 5.21. The second-order valence-electron chi connectivity index (χ2n) is 10.5. The summed E-state index contributed by atoms with van der Waals surface area (Å²) in [4.78, 5) is 34.8. The number of pyridine rings is 2. The summed E-state index contributed by atoms with van der Waals surface area (Å²) >= 11 is 9.93. The molecule has 40 heavy (non-hydrogen) atoms. The van der Waals surface area contributed by atoms with Gasteiger partial charge in [0.05, 0.1) is 17.8 Å². The lowest BCUT2D eigenvalue weighted by atomic mass is 9.94. The summed E-state index contributed by atoms with van der Waals surface area (Å²) in [5.41, 5.74) is 5.74. The van der Waals surface area contributed by atoms with Crippen molar-refractivity contribution < 1.29 is 9.59 Å².